The van der Waals surface area contributed by atoms with E-state index in [9.17, 15) is 0 Å². The van der Waals surface area contributed by atoms with E-state index in [2.05, 4.69) is 43.9 Å². The second-order valence-corrected chi connectivity index (χ2v) is 5.27. The Kier molecular flexibility index (Phi) is 3.20. The molecule has 0 saturated carbocycles. The SMILES string of the molecule is Cc1ccc(N2CC(C)CC(N)C2)cc1C. The highest BCUT2D eigenvalue weighted by Crippen LogP contribution is 2.24. The van der Waals surface area contributed by atoms with Gasteiger partial charge in [0.15, 0.2) is 0 Å². The normalized spacial score (nSPS) is 25.9. The zero-order chi connectivity index (χ0) is 11.7. The molecule has 1 aromatic carbocycles. The summed E-state index contributed by atoms with van der Waals surface area (Å²) < 4.78 is 0. The van der Waals surface area contributed by atoms with Gasteiger partial charge in [-0.25, -0.2) is 0 Å². The van der Waals surface area contributed by atoms with Crippen molar-refractivity contribution in [3.05, 3.63) is 29.3 Å². The molecule has 88 valence electrons. The third-order valence-corrected chi connectivity index (χ3v) is 3.55. The van der Waals surface area contributed by atoms with Crippen LogP contribution in [-0.4, -0.2) is 19.1 Å². The molecule has 2 heteroatoms. The van der Waals surface area contributed by atoms with Crippen molar-refractivity contribution in [1.29, 1.82) is 0 Å². The van der Waals surface area contributed by atoms with E-state index in [1.54, 1.807) is 0 Å². The molecule has 2 atom stereocenters. The van der Waals surface area contributed by atoms with Gasteiger partial charge >= 0.3 is 0 Å². The predicted octanol–water partition coefficient (Wildman–Crippen LogP) is 2.48. The quantitative estimate of drug-likeness (QED) is 0.784. The van der Waals surface area contributed by atoms with Gasteiger partial charge in [0.05, 0.1) is 0 Å². The maximum absolute atomic E-state index is 6.08. The van der Waals surface area contributed by atoms with Gasteiger partial charge in [-0.15, -0.1) is 0 Å². The summed E-state index contributed by atoms with van der Waals surface area (Å²) in [4.78, 5) is 2.42. The van der Waals surface area contributed by atoms with E-state index in [1.807, 2.05) is 0 Å². The average Bonchev–Trinajstić information content (AvgIpc) is 2.20. The monoisotopic (exact) mass is 218 g/mol. The van der Waals surface area contributed by atoms with E-state index < -0.39 is 0 Å². The van der Waals surface area contributed by atoms with Crippen LogP contribution in [0.5, 0.6) is 0 Å². The minimum absolute atomic E-state index is 0.324. The molecule has 0 aliphatic carbocycles. The standard InChI is InChI=1S/C14H22N2/c1-10-6-13(15)9-16(8-10)14-5-4-11(2)12(3)7-14/h4-5,7,10,13H,6,8-9,15H2,1-3H3. The molecule has 1 aliphatic rings. The maximum Gasteiger partial charge on any atom is 0.0369 e. The molecule has 2 unspecified atom stereocenters. The van der Waals surface area contributed by atoms with Crippen LogP contribution < -0.4 is 10.6 Å². The van der Waals surface area contributed by atoms with E-state index in [0.29, 0.717) is 12.0 Å². The van der Waals surface area contributed by atoms with E-state index >= 15 is 0 Å². The highest BCUT2D eigenvalue weighted by molar-refractivity contribution is 5.51. The third-order valence-electron chi connectivity index (χ3n) is 3.55. The van der Waals surface area contributed by atoms with Crippen LogP contribution in [0.4, 0.5) is 5.69 Å². The first-order valence-electron chi connectivity index (χ1n) is 6.14. The number of rotatable bonds is 1. The number of aryl methyl sites for hydroxylation is 2. The van der Waals surface area contributed by atoms with Crippen molar-refractivity contribution in [2.24, 2.45) is 11.7 Å². The highest BCUT2D eigenvalue weighted by atomic mass is 15.2. The molecule has 0 radical (unpaired) electrons. The van der Waals surface area contributed by atoms with Gasteiger partial charge in [0.25, 0.3) is 0 Å². The maximum atomic E-state index is 6.08. The smallest absolute Gasteiger partial charge is 0.0369 e. The molecule has 1 aliphatic heterocycles. The summed E-state index contributed by atoms with van der Waals surface area (Å²) in [5.41, 5.74) is 10.1. The van der Waals surface area contributed by atoms with Crippen molar-refractivity contribution >= 4 is 5.69 Å². The molecule has 2 rings (SSSR count). The molecule has 2 nitrogen and oxygen atoms in total. The predicted molar refractivity (Wildman–Crippen MR) is 69.9 cm³/mol. The van der Waals surface area contributed by atoms with E-state index in [-0.39, 0.29) is 0 Å². The first-order chi connectivity index (χ1) is 7.56. The zero-order valence-corrected chi connectivity index (χ0v) is 10.5. The van der Waals surface area contributed by atoms with Crippen LogP contribution in [0.3, 0.4) is 0 Å². The van der Waals surface area contributed by atoms with Crippen LogP contribution in [0.15, 0.2) is 18.2 Å². The number of nitrogens with zero attached hydrogens (tertiary/aromatic N) is 1. The van der Waals surface area contributed by atoms with Gasteiger partial charge < -0.3 is 10.6 Å². The van der Waals surface area contributed by atoms with Gasteiger partial charge in [-0.05, 0) is 49.4 Å². The Labute approximate surface area is 98.4 Å². The molecule has 0 aromatic heterocycles. The Balaban J connectivity index is 2.19. The lowest BCUT2D eigenvalue weighted by molar-refractivity contribution is 0.401. The molecule has 1 saturated heterocycles. The molecule has 16 heavy (non-hydrogen) atoms. The Morgan fingerprint density at radius 2 is 1.94 bits per heavy atom. The largest absolute Gasteiger partial charge is 0.370 e. The summed E-state index contributed by atoms with van der Waals surface area (Å²) in [6, 6.07) is 7.02. The summed E-state index contributed by atoms with van der Waals surface area (Å²) in [7, 11) is 0. The number of nitrogens with two attached hydrogens (primary N) is 1. The molecular weight excluding hydrogens is 196 g/mol. The molecule has 1 heterocycles. The van der Waals surface area contributed by atoms with Crippen LogP contribution >= 0.6 is 0 Å². The number of piperidine rings is 1. The van der Waals surface area contributed by atoms with Crippen molar-refractivity contribution in [3.63, 3.8) is 0 Å². The van der Waals surface area contributed by atoms with E-state index in [1.165, 1.54) is 16.8 Å². The Bertz CT molecular complexity index is 363. The summed E-state index contributed by atoms with van der Waals surface area (Å²) >= 11 is 0. The van der Waals surface area contributed by atoms with Crippen molar-refractivity contribution < 1.29 is 0 Å². The molecule has 0 spiro atoms. The summed E-state index contributed by atoms with van der Waals surface area (Å²) in [6.45, 7) is 8.74. The second-order valence-electron chi connectivity index (χ2n) is 5.27. The van der Waals surface area contributed by atoms with E-state index in [0.717, 1.165) is 19.5 Å². The fourth-order valence-electron chi connectivity index (χ4n) is 2.53. The molecule has 1 fully saturated rings. The van der Waals surface area contributed by atoms with Gasteiger partial charge in [-0.1, -0.05) is 13.0 Å². The lowest BCUT2D eigenvalue weighted by Gasteiger charge is -2.36. The summed E-state index contributed by atoms with van der Waals surface area (Å²) in [5.74, 6) is 0.699. The summed E-state index contributed by atoms with van der Waals surface area (Å²) in [5, 5.41) is 0. The van der Waals surface area contributed by atoms with Crippen molar-refractivity contribution in [2.75, 3.05) is 18.0 Å². The second kappa shape index (κ2) is 4.46. The molecule has 2 N–H and O–H groups in total. The van der Waals surface area contributed by atoms with Gasteiger partial charge in [0, 0.05) is 24.8 Å². The lowest BCUT2D eigenvalue weighted by Crippen LogP contribution is -2.46. The molecular formula is C14H22N2. The zero-order valence-electron chi connectivity index (χ0n) is 10.5. The van der Waals surface area contributed by atoms with Crippen molar-refractivity contribution in [3.8, 4) is 0 Å². The Morgan fingerprint density at radius 1 is 1.19 bits per heavy atom. The van der Waals surface area contributed by atoms with E-state index in [4.69, 9.17) is 5.73 Å². The lowest BCUT2D eigenvalue weighted by atomic mass is 9.95. The Morgan fingerprint density at radius 3 is 2.56 bits per heavy atom. The van der Waals surface area contributed by atoms with Gasteiger partial charge in [-0.3, -0.25) is 0 Å². The third kappa shape index (κ3) is 2.38. The number of anilines is 1. The fraction of sp³-hybridized carbons (Fsp3) is 0.571. The fourth-order valence-corrected chi connectivity index (χ4v) is 2.53. The topological polar surface area (TPSA) is 29.3 Å². The van der Waals surface area contributed by atoms with Crippen molar-refractivity contribution in [1.82, 2.24) is 0 Å². The minimum atomic E-state index is 0.324. The minimum Gasteiger partial charge on any atom is -0.370 e. The van der Waals surface area contributed by atoms with Crippen LogP contribution in [0, 0.1) is 19.8 Å². The molecule has 0 amide bonds. The van der Waals surface area contributed by atoms with Crippen LogP contribution in [0.1, 0.15) is 24.5 Å². The van der Waals surface area contributed by atoms with Gasteiger partial charge in [0.2, 0.25) is 0 Å². The van der Waals surface area contributed by atoms with Gasteiger partial charge in [-0.2, -0.15) is 0 Å². The van der Waals surface area contributed by atoms with Crippen LogP contribution in [0.25, 0.3) is 0 Å². The number of benzene rings is 1. The number of hydrogen-bond donors (Lipinski definition) is 1. The van der Waals surface area contributed by atoms with Crippen LogP contribution in [0.2, 0.25) is 0 Å². The molecule has 1 aromatic rings. The Hall–Kier alpha value is -1.02. The first kappa shape index (κ1) is 11.5. The van der Waals surface area contributed by atoms with Gasteiger partial charge in [0.1, 0.15) is 0 Å². The number of hydrogen-bond acceptors (Lipinski definition) is 2. The summed E-state index contributed by atoms with van der Waals surface area (Å²) in [6.07, 6.45) is 1.15. The highest BCUT2D eigenvalue weighted by Gasteiger charge is 2.22. The first-order valence-corrected chi connectivity index (χ1v) is 6.14. The van der Waals surface area contributed by atoms with Crippen molar-refractivity contribution in [2.45, 2.75) is 33.2 Å². The molecule has 0 bridgehead atoms. The van der Waals surface area contributed by atoms with Crippen LogP contribution in [-0.2, 0) is 0 Å². The average molecular weight is 218 g/mol.